The topological polar surface area (TPSA) is 79.3 Å². The van der Waals surface area contributed by atoms with Crippen molar-refractivity contribution in [2.45, 2.75) is 6.42 Å². The first-order chi connectivity index (χ1) is 6.70. The van der Waals surface area contributed by atoms with Gasteiger partial charge in [-0.1, -0.05) is 0 Å². The molecule has 0 aromatic carbocycles. The van der Waals surface area contributed by atoms with Crippen molar-refractivity contribution < 1.29 is 14.7 Å². The fourth-order valence-corrected chi connectivity index (χ4v) is 0.888. The fraction of sp³-hybridized carbons (Fsp3) is 0.222. The maximum absolute atomic E-state index is 11.3. The third-order valence-corrected chi connectivity index (χ3v) is 1.57. The van der Waals surface area contributed by atoms with Crippen molar-refractivity contribution in [3.05, 3.63) is 30.1 Å². The SMILES string of the molecule is Cl.O=C(O)CCNC(=O)c1ccncc1. The first kappa shape index (κ1) is 13.4. The molecule has 0 saturated carbocycles. The number of carbonyl (C=O) groups excluding carboxylic acids is 1. The second-order valence-electron chi connectivity index (χ2n) is 2.64. The molecule has 0 radical (unpaired) electrons. The highest BCUT2D eigenvalue weighted by atomic mass is 35.5. The van der Waals surface area contributed by atoms with Gasteiger partial charge in [-0.25, -0.2) is 0 Å². The van der Waals surface area contributed by atoms with Gasteiger partial charge in [0.2, 0.25) is 0 Å². The molecule has 0 aliphatic rings. The summed E-state index contributed by atoms with van der Waals surface area (Å²) < 4.78 is 0. The molecule has 0 unspecified atom stereocenters. The van der Waals surface area contributed by atoms with Crippen LogP contribution in [0.1, 0.15) is 16.8 Å². The minimum absolute atomic E-state index is 0. The summed E-state index contributed by atoms with van der Waals surface area (Å²) in [6, 6.07) is 3.13. The van der Waals surface area contributed by atoms with Crippen LogP contribution in [0.2, 0.25) is 0 Å². The van der Waals surface area contributed by atoms with Gasteiger partial charge in [0.15, 0.2) is 0 Å². The lowest BCUT2D eigenvalue weighted by molar-refractivity contribution is -0.136. The van der Waals surface area contributed by atoms with E-state index in [9.17, 15) is 9.59 Å². The van der Waals surface area contributed by atoms with Gasteiger partial charge in [-0.2, -0.15) is 0 Å². The summed E-state index contributed by atoms with van der Waals surface area (Å²) in [4.78, 5) is 25.2. The summed E-state index contributed by atoms with van der Waals surface area (Å²) in [7, 11) is 0. The van der Waals surface area contributed by atoms with Gasteiger partial charge < -0.3 is 10.4 Å². The molecule has 2 N–H and O–H groups in total. The van der Waals surface area contributed by atoms with Crippen molar-refractivity contribution in [1.29, 1.82) is 0 Å². The normalized spacial score (nSPS) is 8.80. The van der Waals surface area contributed by atoms with E-state index in [-0.39, 0.29) is 31.3 Å². The number of carboxylic acid groups (broad SMARTS) is 1. The number of carboxylic acids is 1. The number of hydrogen-bond donors (Lipinski definition) is 2. The Labute approximate surface area is 92.9 Å². The van der Waals surface area contributed by atoms with Gasteiger partial charge in [0, 0.05) is 24.5 Å². The Hall–Kier alpha value is -1.62. The first-order valence-corrected chi connectivity index (χ1v) is 4.10. The van der Waals surface area contributed by atoms with E-state index in [1.807, 2.05) is 0 Å². The van der Waals surface area contributed by atoms with Gasteiger partial charge in [-0.15, -0.1) is 12.4 Å². The Bertz CT molecular complexity index is 329. The summed E-state index contributed by atoms with van der Waals surface area (Å²) in [6.45, 7) is 0.135. The maximum atomic E-state index is 11.3. The zero-order valence-electron chi connectivity index (χ0n) is 7.84. The molecule has 5 nitrogen and oxygen atoms in total. The maximum Gasteiger partial charge on any atom is 0.305 e. The molecule has 0 bridgehead atoms. The Morgan fingerprint density at radius 1 is 1.33 bits per heavy atom. The van der Waals surface area contributed by atoms with Crippen molar-refractivity contribution in [2.24, 2.45) is 0 Å². The monoisotopic (exact) mass is 230 g/mol. The Morgan fingerprint density at radius 2 is 1.93 bits per heavy atom. The third-order valence-electron chi connectivity index (χ3n) is 1.57. The average Bonchev–Trinajstić information content (AvgIpc) is 2.18. The smallest absolute Gasteiger partial charge is 0.305 e. The molecule has 1 aromatic rings. The molecule has 0 spiro atoms. The zero-order valence-corrected chi connectivity index (χ0v) is 8.66. The number of carbonyl (C=O) groups is 2. The van der Waals surface area contributed by atoms with E-state index in [0.29, 0.717) is 5.56 Å². The molecule has 0 aliphatic carbocycles. The number of nitrogens with one attached hydrogen (secondary N) is 1. The highest BCUT2D eigenvalue weighted by Crippen LogP contribution is 1.95. The fourth-order valence-electron chi connectivity index (χ4n) is 0.888. The average molecular weight is 231 g/mol. The predicted molar refractivity (Wildman–Crippen MR) is 56.1 cm³/mol. The second-order valence-corrected chi connectivity index (χ2v) is 2.64. The Balaban J connectivity index is 0.00000196. The molecule has 82 valence electrons. The summed E-state index contributed by atoms with van der Waals surface area (Å²) in [5.74, 6) is -1.21. The molecule has 1 amide bonds. The van der Waals surface area contributed by atoms with E-state index in [1.54, 1.807) is 12.1 Å². The molecule has 1 aromatic heterocycles. The van der Waals surface area contributed by atoms with Crippen LogP contribution in [0, 0.1) is 0 Å². The quantitative estimate of drug-likeness (QED) is 0.798. The number of pyridine rings is 1. The van der Waals surface area contributed by atoms with Crippen molar-refractivity contribution in [1.82, 2.24) is 10.3 Å². The van der Waals surface area contributed by atoms with Crippen molar-refractivity contribution in [3.63, 3.8) is 0 Å². The molecule has 0 fully saturated rings. The Morgan fingerprint density at radius 3 is 2.47 bits per heavy atom. The highest BCUT2D eigenvalue weighted by molar-refractivity contribution is 5.94. The zero-order chi connectivity index (χ0) is 10.4. The second kappa shape index (κ2) is 6.78. The van der Waals surface area contributed by atoms with Crippen LogP contribution in [0.25, 0.3) is 0 Å². The molecule has 0 atom stereocenters. The summed E-state index contributed by atoms with van der Waals surface area (Å²) in [6.07, 6.45) is 2.94. The van der Waals surface area contributed by atoms with Gasteiger partial charge in [-0.05, 0) is 12.1 Å². The van der Waals surface area contributed by atoms with E-state index in [2.05, 4.69) is 10.3 Å². The van der Waals surface area contributed by atoms with Crippen molar-refractivity contribution in [3.8, 4) is 0 Å². The van der Waals surface area contributed by atoms with Crippen molar-refractivity contribution >= 4 is 24.3 Å². The molecular weight excluding hydrogens is 220 g/mol. The van der Waals surface area contributed by atoms with Gasteiger partial charge >= 0.3 is 5.97 Å². The van der Waals surface area contributed by atoms with Gasteiger partial charge in [0.1, 0.15) is 0 Å². The summed E-state index contributed by atoms with van der Waals surface area (Å²) >= 11 is 0. The Kier molecular flexibility index (Phi) is 6.05. The number of aromatic nitrogens is 1. The number of halogens is 1. The van der Waals surface area contributed by atoms with E-state index in [1.165, 1.54) is 12.4 Å². The minimum atomic E-state index is -0.931. The van der Waals surface area contributed by atoms with Crippen LogP contribution in [0.5, 0.6) is 0 Å². The number of hydrogen-bond acceptors (Lipinski definition) is 3. The molecule has 0 aliphatic heterocycles. The van der Waals surface area contributed by atoms with E-state index in [4.69, 9.17) is 5.11 Å². The lowest BCUT2D eigenvalue weighted by Crippen LogP contribution is -2.25. The van der Waals surface area contributed by atoms with Gasteiger partial charge in [-0.3, -0.25) is 14.6 Å². The van der Waals surface area contributed by atoms with Crippen LogP contribution in [0.4, 0.5) is 0 Å². The van der Waals surface area contributed by atoms with Gasteiger partial charge in [0.05, 0.1) is 6.42 Å². The van der Waals surface area contributed by atoms with E-state index < -0.39 is 5.97 Å². The minimum Gasteiger partial charge on any atom is -0.481 e. The highest BCUT2D eigenvalue weighted by Gasteiger charge is 2.04. The predicted octanol–water partition coefficient (Wildman–Crippen LogP) is 0.708. The van der Waals surface area contributed by atoms with E-state index >= 15 is 0 Å². The summed E-state index contributed by atoms with van der Waals surface area (Å²) in [5, 5.41) is 10.8. The van der Waals surface area contributed by atoms with Crippen LogP contribution in [0.15, 0.2) is 24.5 Å². The van der Waals surface area contributed by atoms with Crippen LogP contribution in [-0.4, -0.2) is 28.5 Å². The van der Waals surface area contributed by atoms with Crippen LogP contribution >= 0.6 is 12.4 Å². The first-order valence-electron chi connectivity index (χ1n) is 4.10. The third kappa shape index (κ3) is 4.97. The molecule has 6 heteroatoms. The van der Waals surface area contributed by atoms with Crippen LogP contribution in [0.3, 0.4) is 0 Å². The number of aliphatic carboxylic acids is 1. The molecular formula is C9H11ClN2O3. The lowest BCUT2D eigenvalue weighted by Gasteiger charge is -2.02. The van der Waals surface area contributed by atoms with Crippen LogP contribution in [-0.2, 0) is 4.79 Å². The number of amides is 1. The largest absolute Gasteiger partial charge is 0.481 e. The van der Waals surface area contributed by atoms with E-state index in [0.717, 1.165) is 0 Å². The number of nitrogens with zero attached hydrogens (tertiary/aromatic N) is 1. The van der Waals surface area contributed by atoms with Gasteiger partial charge in [0.25, 0.3) is 5.91 Å². The number of rotatable bonds is 4. The summed E-state index contributed by atoms with van der Waals surface area (Å²) in [5.41, 5.74) is 0.477. The molecule has 1 rings (SSSR count). The molecule has 1 heterocycles. The molecule has 15 heavy (non-hydrogen) atoms. The van der Waals surface area contributed by atoms with Crippen molar-refractivity contribution in [2.75, 3.05) is 6.54 Å². The standard InChI is InChI=1S/C9H10N2O3.ClH/c12-8(13)3-6-11-9(14)7-1-4-10-5-2-7;/h1-2,4-5H,3,6H2,(H,11,14)(H,12,13);1H. The molecule has 0 saturated heterocycles. The lowest BCUT2D eigenvalue weighted by atomic mass is 10.2. The van der Waals surface area contributed by atoms with Crippen LogP contribution < -0.4 is 5.32 Å².